The first kappa shape index (κ1) is 14.0. The van der Waals surface area contributed by atoms with Gasteiger partial charge in [0.25, 0.3) is 0 Å². The molecule has 7 heteroatoms. The number of nitrogens with zero attached hydrogens (tertiary/aromatic N) is 3. The van der Waals surface area contributed by atoms with Crippen LogP contribution < -0.4 is 0 Å². The third kappa shape index (κ3) is 3.54. The maximum atomic E-state index is 11.2. The Morgan fingerprint density at radius 1 is 1.26 bits per heavy atom. The van der Waals surface area contributed by atoms with Crippen LogP contribution in [0.1, 0.15) is 19.0 Å². The fourth-order valence-corrected chi connectivity index (χ4v) is 2.72. The average molecular weight is 300 g/mol. The van der Waals surface area contributed by atoms with Gasteiger partial charge in [0.15, 0.2) is 0 Å². The molecule has 0 unspecified atom stereocenters. The van der Waals surface area contributed by atoms with Gasteiger partial charge in [-0.2, -0.15) is 0 Å². The maximum Gasteiger partial charge on any atom is 0.238 e. The number of rotatable bonds is 5. The summed E-state index contributed by atoms with van der Waals surface area (Å²) in [5.41, 5.74) is 1.98. The van der Waals surface area contributed by atoms with E-state index in [4.69, 9.17) is 10.7 Å². The highest BCUT2D eigenvalue weighted by atomic mass is 35.7. The van der Waals surface area contributed by atoms with E-state index >= 15 is 0 Å². The molecule has 0 amide bonds. The summed E-state index contributed by atoms with van der Waals surface area (Å²) >= 11 is 0. The Bertz CT molecular complexity index is 653. The fourth-order valence-electron chi connectivity index (χ4n) is 1.89. The molecule has 0 radical (unpaired) electrons. The molecule has 5 nitrogen and oxygen atoms in total. The van der Waals surface area contributed by atoms with Crippen LogP contribution in [0.3, 0.4) is 0 Å². The summed E-state index contributed by atoms with van der Waals surface area (Å²) in [6, 6.07) is 9.47. The van der Waals surface area contributed by atoms with Gasteiger partial charge in [0.05, 0.1) is 5.69 Å². The molecule has 1 heterocycles. The molecule has 2 aromatic rings. The lowest BCUT2D eigenvalue weighted by atomic mass is 10.1. The second-order valence-corrected chi connectivity index (χ2v) is 6.93. The summed E-state index contributed by atoms with van der Waals surface area (Å²) in [5.74, 6) is -0.317. The topological polar surface area (TPSA) is 64.8 Å². The number of benzene rings is 1. The quantitative estimate of drug-likeness (QED) is 0.795. The molecule has 0 aliphatic heterocycles. The second-order valence-electron chi connectivity index (χ2n) is 4.16. The first-order valence-corrected chi connectivity index (χ1v) is 8.39. The molecule has 2 rings (SSSR count). The van der Waals surface area contributed by atoms with E-state index in [1.54, 1.807) is 4.68 Å². The molecule has 0 bridgehead atoms. The van der Waals surface area contributed by atoms with Gasteiger partial charge in [0.1, 0.15) is 11.4 Å². The average Bonchev–Trinajstić information content (AvgIpc) is 2.71. The van der Waals surface area contributed by atoms with Crippen LogP contribution in [0.2, 0.25) is 0 Å². The molecule has 0 N–H and O–H groups in total. The van der Waals surface area contributed by atoms with Crippen LogP contribution >= 0.6 is 10.7 Å². The highest BCUT2D eigenvalue weighted by Crippen LogP contribution is 2.24. The molecule has 0 atom stereocenters. The van der Waals surface area contributed by atoms with Gasteiger partial charge in [-0.25, -0.2) is 13.1 Å². The van der Waals surface area contributed by atoms with Crippen molar-refractivity contribution in [3.8, 4) is 11.3 Å². The largest absolute Gasteiger partial charge is 0.244 e. The van der Waals surface area contributed by atoms with E-state index in [0.29, 0.717) is 17.9 Å². The molecular weight excluding hydrogens is 286 g/mol. The van der Waals surface area contributed by atoms with Gasteiger partial charge in [-0.3, -0.25) is 0 Å². The second kappa shape index (κ2) is 5.71. The third-order valence-electron chi connectivity index (χ3n) is 2.60. The highest BCUT2D eigenvalue weighted by molar-refractivity contribution is 8.13. The van der Waals surface area contributed by atoms with E-state index in [-0.39, 0.29) is 5.75 Å². The molecular formula is C12H14ClN3O2S. The Labute approximate surface area is 116 Å². The Balaban J connectivity index is 2.51. The van der Waals surface area contributed by atoms with E-state index in [9.17, 15) is 8.42 Å². The van der Waals surface area contributed by atoms with Crippen LogP contribution in [0.15, 0.2) is 30.3 Å². The maximum absolute atomic E-state index is 11.2. The van der Waals surface area contributed by atoms with Crippen molar-refractivity contribution in [2.75, 3.05) is 0 Å². The summed E-state index contributed by atoms with van der Waals surface area (Å²) in [6.07, 6.45) is 0.885. The molecule has 0 aliphatic carbocycles. The van der Waals surface area contributed by atoms with Crippen molar-refractivity contribution in [3.05, 3.63) is 36.0 Å². The first-order chi connectivity index (χ1) is 9.01. The molecule has 102 valence electrons. The van der Waals surface area contributed by atoms with Crippen molar-refractivity contribution in [1.82, 2.24) is 15.0 Å². The third-order valence-corrected chi connectivity index (χ3v) is 3.54. The summed E-state index contributed by atoms with van der Waals surface area (Å²) < 4.78 is 24.2. The predicted molar refractivity (Wildman–Crippen MR) is 74.2 cm³/mol. The van der Waals surface area contributed by atoms with E-state index in [0.717, 1.165) is 12.0 Å². The highest BCUT2D eigenvalue weighted by Gasteiger charge is 2.19. The molecule has 0 saturated heterocycles. The van der Waals surface area contributed by atoms with E-state index in [1.165, 1.54) is 0 Å². The van der Waals surface area contributed by atoms with Gasteiger partial charge in [0, 0.05) is 22.8 Å². The Morgan fingerprint density at radius 3 is 2.53 bits per heavy atom. The molecule has 0 aliphatic rings. The number of halogens is 1. The number of hydrogen-bond donors (Lipinski definition) is 0. The summed E-state index contributed by atoms with van der Waals surface area (Å²) in [6.45, 7) is 2.70. The fraction of sp³-hybridized carbons (Fsp3) is 0.333. The van der Waals surface area contributed by atoms with Gasteiger partial charge in [0.2, 0.25) is 9.05 Å². The minimum atomic E-state index is -3.65. The van der Waals surface area contributed by atoms with Crippen LogP contribution in [0.25, 0.3) is 11.3 Å². The van der Waals surface area contributed by atoms with Crippen molar-refractivity contribution in [3.63, 3.8) is 0 Å². The summed E-state index contributed by atoms with van der Waals surface area (Å²) in [7, 11) is 1.66. The van der Waals surface area contributed by atoms with E-state index < -0.39 is 9.05 Å². The van der Waals surface area contributed by atoms with Crippen LogP contribution in [0, 0.1) is 0 Å². The smallest absolute Gasteiger partial charge is 0.238 e. The number of aromatic nitrogens is 3. The van der Waals surface area contributed by atoms with Crippen molar-refractivity contribution in [2.24, 2.45) is 0 Å². The molecule has 0 spiro atoms. The lowest BCUT2D eigenvalue weighted by molar-refractivity contribution is 0.584. The zero-order chi connectivity index (χ0) is 13.9. The van der Waals surface area contributed by atoms with Crippen LogP contribution in [0.5, 0.6) is 0 Å². The van der Waals surface area contributed by atoms with Gasteiger partial charge >= 0.3 is 0 Å². The minimum absolute atomic E-state index is 0.317. The molecule has 0 fully saturated rings. The predicted octanol–water partition coefficient (Wildman–Crippen LogP) is 2.42. The summed E-state index contributed by atoms with van der Waals surface area (Å²) in [4.78, 5) is 0. The van der Waals surface area contributed by atoms with Crippen molar-refractivity contribution in [2.45, 2.75) is 25.6 Å². The van der Waals surface area contributed by atoms with Crippen molar-refractivity contribution in [1.29, 1.82) is 0 Å². The SMILES string of the molecule is CCCn1nnc(CS(=O)(=O)Cl)c1-c1ccccc1. The summed E-state index contributed by atoms with van der Waals surface area (Å²) in [5, 5.41) is 7.96. The molecule has 1 aromatic carbocycles. The number of hydrogen-bond acceptors (Lipinski definition) is 4. The molecule has 1 aromatic heterocycles. The van der Waals surface area contributed by atoms with Crippen LogP contribution in [0.4, 0.5) is 0 Å². The molecule has 19 heavy (non-hydrogen) atoms. The Hall–Kier alpha value is -1.40. The van der Waals surface area contributed by atoms with E-state index in [2.05, 4.69) is 10.3 Å². The standard InChI is InChI=1S/C12H14ClN3O2S/c1-2-8-16-12(10-6-4-3-5-7-10)11(14-15-16)9-19(13,17)18/h3-7H,2,8-9H2,1H3. The Morgan fingerprint density at radius 2 is 1.95 bits per heavy atom. The van der Waals surface area contributed by atoms with Gasteiger partial charge in [-0.15, -0.1) is 5.10 Å². The van der Waals surface area contributed by atoms with Gasteiger partial charge in [-0.1, -0.05) is 42.5 Å². The Kier molecular flexibility index (Phi) is 4.21. The molecule has 0 saturated carbocycles. The number of aryl methyl sites for hydroxylation is 1. The van der Waals surface area contributed by atoms with Crippen molar-refractivity contribution < 1.29 is 8.42 Å². The van der Waals surface area contributed by atoms with Crippen molar-refractivity contribution >= 4 is 19.7 Å². The zero-order valence-corrected chi connectivity index (χ0v) is 12.0. The lowest BCUT2D eigenvalue weighted by Crippen LogP contribution is -2.03. The van der Waals surface area contributed by atoms with E-state index in [1.807, 2.05) is 37.3 Å². The normalized spacial score (nSPS) is 11.7. The first-order valence-electron chi connectivity index (χ1n) is 5.91. The lowest BCUT2D eigenvalue weighted by Gasteiger charge is -2.06. The monoisotopic (exact) mass is 299 g/mol. The minimum Gasteiger partial charge on any atom is -0.244 e. The van der Waals surface area contributed by atoms with Gasteiger partial charge < -0.3 is 0 Å². The van der Waals surface area contributed by atoms with Gasteiger partial charge in [-0.05, 0) is 6.42 Å². The van der Waals surface area contributed by atoms with Crippen LogP contribution in [-0.4, -0.2) is 23.4 Å². The zero-order valence-electron chi connectivity index (χ0n) is 10.5. The van der Waals surface area contributed by atoms with Crippen LogP contribution in [-0.2, 0) is 21.3 Å².